The quantitative estimate of drug-likeness (QED) is 0.856. The first-order valence-corrected chi connectivity index (χ1v) is 8.40. The highest BCUT2D eigenvalue weighted by atomic mass is 19.4. The van der Waals surface area contributed by atoms with Crippen molar-refractivity contribution in [3.8, 4) is 0 Å². The number of hydrogen-bond acceptors (Lipinski definition) is 3. The standard InChI is InChI=1S/C20H21F3N2O2/c1-19(2,3)25-18(27)17-11-13(8-9-24-17)10-15(26)12-14-6-4-5-7-16(14)20(21,22)23/h4-9,11H,10,12H2,1-3H3,(H,25,27). The molecule has 0 aliphatic rings. The van der Waals surface area contributed by atoms with Gasteiger partial charge in [-0.1, -0.05) is 18.2 Å². The molecule has 1 N–H and O–H groups in total. The zero-order chi connectivity index (χ0) is 20.2. The fourth-order valence-electron chi connectivity index (χ4n) is 2.57. The summed E-state index contributed by atoms with van der Waals surface area (Å²) in [5, 5.41) is 2.77. The number of rotatable bonds is 5. The molecule has 0 radical (unpaired) electrons. The Morgan fingerprint density at radius 2 is 1.70 bits per heavy atom. The molecule has 1 aromatic carbocycles. The molecule has 1 amide bonds. The smallest absolute Gasteiger partial charge is 0.346 e. The Balaban J connectivity index is 2.12. The fraction of sp³-hybridized carbons (Fsp3) is 0.350. The molecule has 7 heteroatoms. The van der Waals surface area contributed by atoms with Crippen LogP contribution >= 0.6 is 0 Å². The van der Waals surface area contributed by atoms with Gasteiger partial charge in [-0.2, -0.15) is 13.2 Å². The molecular weight excluding hydrogens is 357 g/mol. The van der Waals surface area contributed by atoms with Crippen LogP contribution in [0.1, 0.15) is 48.0 Å². The van der Waals surface area contributed by atoms with Crippen molar-refractivity contribution in [1.29, 1.82) is 0 Å². The molecule has 1 aromatic heterocycles. The number of carbonyl (C=O) groups excluding carboxylic acids is 2. The minimum absolute atomic E-state index is 0.0604. The van der Waals surface area contributed by atoms with Gasteiger partial charge in [-0.15, -0.1) is 0 Å². The lowest BCUT2D eigenvalue weighted by atomic mass is 9.98. The molecule has 0 unspecified atom stereocenters. The van der Waals surface area contributed by atoms with Crippen molar-refractivity contribution >= 4 is 11.7 Å². The molecular formula is C20H21F3N2O2. The lowest BCUT2D eigenvalue weighted by molar-refractivity contribution is -0.138. The number of aromatic nitrogens is 1. The summed E-state index contributed by atoms with van der Waals surface area (Å²) in [5.41, 5.74) is -0.621. The van der Waals surface area contributed by atoms with Crippen molar-refractivity contribution in [2.24, 2.45) is 0 Å². The predicted octanol–water partition coefficient (Wildman–Crippen LogP) is 3.98. The summed E-state index contributed by atoms with van der Waals surface area (Å²) < 4.78 is 39.1. The van der Waals surface area contributed by atoms with Gasteiger partial charge in [0, 0.05) is 24.6 Å². The van der Waals surface area contributed by atoms with Gasteiger partial charge in [0.25, 0.3) is 5.91 Å². The summed E-state index contributed by atoms with van der Waals surface area (Å²) in [5.74, 6) is -0.751. The molecule has 0 aliphatic heterocycles. The Labute approximate surface area is 155 Å². The number of alkyl halides is 3. The van der Waals surface area contributed by atoms with E-state index in [0.717, 1.165) is 6.07 Å². The van der Waals surface area contributed by atoms with Gasteiger partial charge in [-0.3, -0.25) is 14.6 Å². The molecule has 1 heterocycles. The summed E-state index contributed by atoms with van der Waals surface area (Å²) in [6, 6.07) is 8.08. The number of amides is 1. The van der Waals surface area contributed by atoms with Gasteiger partial charge < -0.3 is 5.32 Å². The number of hydrogen-bond donors (Lipinski definition) is 1. The van der Waals surface area contributed by atoms with Crippen molar-refractivity contribution in [3.63, 3.8) is 0 Å². The summed E-state index contributed by atoms with van der Waals surface area (Å²) in [6.45, 7) is 5.49. The van der Waals surface area contributed by atoms with Crippen molar-refractivity contribution in [2.75, 3.05) is 0 Å². The van der Waals surface area contributed by atoms with E-state index in [4.69, 9.17) is 0 Å². The number of nitrogens with zero attached hydrogens (tertiary/aromatic N) is 1. The molecule has 0 atom stereocenters. The second-order valence-electron chi connectivity index (χ2n) is 7.30. The number of Topliss-reactive ketones (excluding diaryl/α,β-unsaturated/α-hetero) is 1. The summed E-state index contributed by atoms with van der Waals surface area (Å²) in [4.78, 5) is 28.4. The van der Waals surface area contributed by atoms with Gasteiger partial charge in [0.15, 0.2) is 0 Å². The number of halogens is 3. The van der Waals surface area contributed by atoms with E-state index in [2.05, 4.69) is 10.3 Å². The van der Waals surface area contributed by atoms with E-state index in [1.165, 1.54) is 30.5 Å². The summed E-state index contributed by atoms with van der Waals surface area (Å²) in [7, 11) is 0. The predicted molar refractivity (Wildman–Crippen MR) is 95.3 cm³/mol. The Bertz CT molecular complexity index is 840. The largest absolute Gasteiger partial charge is 0.416 e. The van der Waals surface area contributed by atoms with Crippen molar-refractivity contribution < 1.29 is 22.8 Å². The van der Waals surface area contributed by atoms with Crippen LogP contribution in [0.4, 0.5) is 13.2 Å². The highest BCUT2D eigenvalue weighted by Crippen LogP contribution is 2.32. The highest BCUT2D eigenvalue weighted by Gasteiger charge is 2.33. The number of benzene rings is 1. The Morgan fingerprint density at radius 3 is 2.33 bits per heavy atom. The maximum Gasteiger partial charge on any atom is 0.416 e. The number of ketones is 1. The van der Waals surface area contributed by atoms with Crippen LogP contribution in [0.15, 0.2) is 42.6 Å². The third-order valence-electron chi connectivity index (χ3n) is 3.66. The molecule has 27 heavy (non-hydrogen) atoms. The van der Waals surface area contributed by atoms with Crippen molar-refractivity contribution in [3.05, 3.63) is 65.0 Å². The van der Waals surface area contributed by atoms with Gasteiger partial charge >= 0.3 is 6.18 Å². The van der Waals surface area contributed by atoms with Crippen LogP contribution < -0.4 is 5.32 Å². The Kier molecular flexibility index (Phi) is 6.03. The average Bonchev–Trinajstić information content (AvgIpc) is 2.53. The average molecular weight is 378 g/mol. The van der Waals surface area contributed by atoms with Crippen LogP contribution in [0.25, 0.3) is 0 Å². The number of nitrogens with one attached hydrogen (secondary N) is 1. The second-order valence-corrected chi connectivity index (χ2v) is 7.30. The van der Waals surface area contributed by atoms with E-state index in [1.807, 2.05) is 20.8 Å². The van der Waals surface area contributed by atoms with E-state index in [1.54, 1.807) is 6.07 Å². The molecule has 0 bridgehead atoms. The van der Waals surface area contributed by atoms with Gasteiger partial charge in [0.2, 0.25) is 0 Å². The number of pyridine rings is 1. The lowest BCUT2D eigenvalue weighted by Gasteiger charge is -2.20. The minimum Gasteiger partial charge on any atom is -0.346 e. The molecule has 144 valence electrons. The molecule has 0 fully saturated rings. The van der Waals surface area contributed by atoms with Gasteiger partial charge in [0.1, 0.15) is 11.5 Å². The van der Waals surface area contributed by atoms with E-state index < -0.39 is 17.3 Å². The maximum absolute atomic E-state index is 13.0. The van der Waals surface area contributed by atoms with Crippen LogP contribution in [-0.4, -0.2) is 22.2 Å². The first kappa shape index (κ1) is 20.6. The molecule has 0 saturated heterocycles. The van der Waals surface area contributed by atoms with Crippen molar-refractivity contribution in [1.82, 2.24) is 10.3 Å². The molecule has 0 spiro atoms. The number of carbonyl (C=O) groups is 2. The topological polar surface area (TPSA) is 59.1 Å². The van der Waals surface area contributed by atoms with E-state index in [9.17, 15) is 22.8 Å². The molecule has 2 rings (SSSR count). The zero-order valence-electron chi connectivity index (χ0n) is 15.4. The van der Waals surface area contributed by atoms with Gasteiger partial charge in [-0.25, -0.2) is 0 Å². The van der Waals surface area contributed by atoms with E-state index in [0.29, 0.717) is 5.56 Å². The lowest BCUT2D eigenvalue weighted by Crippen LogP contribution is -2.40. The summed E-state index contributed by atoms with van der Waals surface area (Å²) >= 11 is 0. The monoisotopic (exact) mass is 378 g/mol. The second kappa shape index (κ2) is 7.90. The van der Waals surface area contributed by atoms with Crippen LogP contribution in [0.5, 0.6) is 0 Å². The summed E-state index contributed by atoms with van der Waals surface area (Å²) in [6.07, 6.45) is -3.51. The van der Waals surface area contributed by atoms with E-state index in [-0.39, 0.29) is 35.8 Å². The van der Waals surface area contributed by atoms with Crippen LogP contribution in [-0.2, 0) is 23.8 Å². The van der Waals surface area contributed by atoms with Gasteiger partial charge in [-0.05, 0) is 50.1 Å². The van der Waals surface area contributed by atoms with Crippen molar-refractivity contribution in [2.45, 2.75) is 45.3 Å². The highest BCUT2D eigenvalue weighted by molar-refractivity contribution is 5.93. The SMILES string of the molecule is CC(C)(C)NC(=O)c1cc(CC(=O)Cc2ccccc2C(F)(F)F)ccn1. The molecule has 4 nitrogen and oxygen atoms in total. The molecule has 0 aliphatic carbocycles. The van der Waals surface area contributed by atoms with Gasteiger partial charge in [0.05, 0.1) is 5.56 Å². The van der Waals surface area contributed by atoms with Crippen LogP contribution in [0.2, 0.25) is 0 Å². The third kappa shape index (κ3) is 6.20. The Morgan fingerprint density at radius 1 is 1.04 bits per heavy atom. The normalized spacial score (nSPS) is 11.9. The van der Waals surface area contributed by atoms with E-state index >= 15 is 0 Å². The van der Waals surface area contributed by atoms with Crippen LogP contribution in [0.3, 0.4) is 0 Å². The minimum atomic E-state index is -4.51. The Hall–Kier alpha value is -2.70. The molecule has 0 saturated carbocycles. The third-order valence-corrected chi connectivity index (χ3v) is 3.66. The molecule has 2 aromatic rings. The first-order chi connectivity index (χ1) is 12.5. The zero-order valence-corrected chi connectivity index (χ0v) is 15.4. The fourth-order valence-corrected chi connectivity index (χ4v) is 2.57. The first-order valence-electron chi connectivity index (χ1n) is 8.40. The van der Waals surface area contributed by atoms with Crippen LogP contribution in [0, 0.1) is 0 Å². The maximum atomic E-state index is 13.0.